The molecule has 3 amide bonds. The number of imide groups is 1. The van der Waals surface area contributed by atoms with Gasteiger partial charge < -0.3 is 29.3 Å². The zero-order valence-electron chi connectivity index (χ0n) is 23.2. The quantitative estimate of drug-likeness (QED) is 0.320. The first-order valence-electron chi connectivity index (χ1n) is 13.9. The number of fused-ring (bicyclic) bond motifs is 1. The summed E-state index contributed by atoms with van der Waals surface area (Å²) in [5.41, 5.74) is 0.685. The maximum atomic E-state index is 13.5. The van der Waals surface area contributed by atoms with Gasteiger partial charge in [0.15, 0.2) is 11.5 Å². The predicted molar refractivity (Wildman–Crippen MR) is 142 cm³/mol. The number of nitrogens with zero attached hydrogens (tertiary/aromatic N) is 3. The molecular formula is C28H39N3O9. The lowest BCUT2D eigenvalue weighted by atomic mass is 9.84. The number of hydrogen-bond acceptors (Lipinski definition) is 9. The van der Waals surface area contributed by atoms with Crippen molar-refractivity contribution in [2.24, 2.45) is 5.92 Å². The van der Waals surface area contributed by atoms with Crippen LogP contribution in [-0.4, -0.2) is 108 Å². The van der Waals surface area contributed by atoms with Gasteiger partial charge in [-0.2, -0.15) is 0 Å². The number of carboxylic acid groups (broad SMARTS) is 1. The molecule has 4 rings (SSSR count). The number of aliphatic carboxylic acids is 1. The fourth-order valence-corrected chi connectivity index (χ4v) is 5.93. The van der Waals surface area contributed by atoms with Crippen molar-refractivity contribution in [3.8, 4) is 17.2 Å². The zero-order valence-corrected chi connectivity index (χ0v) is 23.2. The van der Waals surface area contributed by atoms with Crippen molar-refractivity contribution in [2.75, 3.05) is 53.2 Å². The Balaban J connectivity index is 1.63. The van der Waals surface area contributed by atoms with Gasteiger partial charge in [0, 0.05) is 57.6 Å². The van der Waals surface area contributed by atoms with Crippen LogP contribution in [0.2, 0.25) is 0 Å². The first-order valence-corrected chi connectivity index (χ1v) is 13.9. The molecule has 3 atom stereocenters. The molecule has 12 nitrogen and oxygen atoms in total. The first-order chi connectivity index (χ1) is 19.3. The number of methoxy groups -OCH3 is 1. The van der Waals surface area contributed by atoms with E-state index in [1.807, 2.05) is 11.8 Å². The topological polar surface area (TPSA) is 146 Å². The number of rotatable bonds is 14. The highest BCUT2D eigenvalue weighted by molar-refractivity contribution is 6.01. The van der Waals surface area contributed by atoms with Crippen LogP contribution < -0.4 is 14.2 Å². The molecule has 0 aliphatic carbocycles. The smallest absolute Gasteiger partial charge is 0.308 e. The van der Waals surface area contributed by atoms with E-state index in [2.05, 4.69) is 0 Å². The number of unbranched alkanes of at least 4 members (excludes halogenated alkanes) is 1. The Labute approximate surface area is 233 Å². The molecule has 12 heteroatoms. The second kappa shape index (κ2) is 13.3. The van der Waals surface area contributed by atoms with E-state index in [0.717, 1.165) is 12.8 Å². The lowest BCUT2D eigenvalue weighted by Gasteiger charge is -2.30. The molecule has 2 fully saturated rings. The summed E-state index contributed by atoms with van der Waals surface area (Å²) in [5, 5.41) is 19.8. The Morgan fingerprint density at radius 2 is 1.85 bits per heavy atom. The fraction of sp³-hybridized carbons (Fsp3) is 0.643. The summed E-state index contributed by atoms with van der Waals surface area (Å²) in [4.78, 5) is 55.6. The molecule has 220 valence electrons. The number of hydrogen-bond donors (Lipinski definition) is 2. The molecule has 0 unspecified atom stereocenters. The summed E-state index contributed by atoms with van der Waals surface area (Å²) in [7, 11) is 1.50. The van der Waals surface area contributed by atoms with Gasteiger partial charge in [-0.25, -0.2) is 0 Å². The van der Waals surface area contributed by atoms with Crippen LogP contribution in [-0.2, 0) is 19.2 Å². The number of aliphatic hydroxyl groups excluding tert-OH is 1. The minimum Gasteiger partial charge on any atom is -0.493 e. The fourth-order valence-electron chi connectivity index (χ4n) is 5.93. The summed E-state index contributed by atoms with van der Waals surface area (Å²) in [6.45, 7) is 3.36. The maximum absolute atomic E-state index is 13.5. The molecule has 2 saturated heterocycles. The van der Waals surface area contributed by atoms with Gasteiger partial charge in [-0.15, -0.1) is 0 Å². The highest BCUT2D eigenvalue weighted by atomic mass is 16.7. The molecule has 3 heterocycles. The molecule has 1 aromatic carbocycles. The van der Waals surface area contributed by atoms with Crippen molar-refractivity contribution in [3.63, 3.8) is 0 Å². The van der Waals surface area contributed by atoms with Crippen molar-refractivity contribution < 1.29 is 43.6 Å². The van der Waals surface area contributed by atoms with Crippen LogP contribution in [0.3, 0.4) is 0 Å². The van der Waals surface area contributed by atoms with E-state index in [0.29, 0.717) is 42.3 Å². The average molecular weight is 562 g/mol. The monoisotopic (exact) mass is 561 g/mol. The lowest BCUT2D eigenvalue weighted by Crippen LogP contribution is -2.46. The van der Waals surface area contributed by atoms with Gasteiger partial charge in [0.05, 0.1) is 19.6 Å². The highest BCUT2D eigenvalue weighted by Gasteiger charge is 2.48. The van der Waals surface area contributed by atoms with Gasteiger partial charge in [-0.1, -0.05) is 13.3 Å². The zero-order chi connectivity index (χ0) is 28.8. The Kier molecular flexibility index (Phi) is 9.85. The van der Waals surface area contributed by atoms with Crippen LogP contribution in [0.5, 0.6) is 17.2 Å². The Morgan fingerprint density at radius 3 is 2.50 bits per heavy atom. The lowest BCUT2D eigenvalue weighted by molar-refractivity contribution is -0.144. The van der Waals surface area contributed by atoms with Gasteiger partial charge in [0.1, 0.15) is 0 Å². The summed E-state index contributed by atoms with van der Waals surface area (Å²) in [6, 6.07) is 2.91. The molecular weight excluding hydrogens is 522 g/mol. The van der Waals surface area contributed by atoms with Crippen molar-refractivity contribution in [1.29, 1.82) is 0 Å². The van der Waals surface area contributed by atoms with E-state index in [4.69, 9.17) is 14.2 Å². The molecule has 0 aromatic heterocycles. The average Bonchev–Trinajstić information content (AvgIpc) is 3.64. The van der Waals surface area contributed by atoms with E-state index < -0.39 is 23.8 Å². The van der Waals surface area contributed by atoms with Crippen LogP contribution in [0.4, 0.5) is 0 Å². The molecule has 0 radical (unpaired) electrons. The second-order valence-corrected chi connectivity index (χ2v) is 10.5. The van der Waals surface area contributed by atoms with Crippen LogP contribution in [0, 0.1) is 5.92 Å². The van der Waals surface area contributed by atoms with Gasteiger partial charge in [-0.05, 0) is 37.0 Å². The third-order valence-corrected chi connectivity index (χ3v) is 8.00. The molecule has 0 spiro atoms. The standard InChI is InChI=1S/C28H39N3O9/c1-3-4-9-29(10-5-12-32)25(35)16-30-15-19(18-13-21(38-2)27-22(14-18)39-17-40-27)26(28(36)37)20(30)8-11-31-23(33)6-7-24(31)34/h13-14,19-20,26,32H,3-12,15-17H2,1-2H3,(H,36,37)/t19-,20+,26-/m1/s1. The summed E-state index contributed by atoms with van der Waals surface area (Å²) < 4.78 is 16.6. The first kappa shape index (κ1) is 29.6. The van der Waals surface area contributed by atoms with Gasteiger partial charge >= 0.3 is 5.97 Å². The Morgan fingerprint density at radius 1 is 1.12 bits per heavy atom. The molecule has 3 aliphatic rings. The largest absolute Gasteiger partial charge is 0.493 e. The number of amides is 3. The van der Waals surface area contributed by atoms with Crippen LogP contribution in [0.15, 0.2) is 12.1 Å². The van der Waals surface area contributed by atoms with E-state index in [9.17, 15) is 29.4 Å². The van der Waals surface area contributed by atoms with Crippen LogP contribution in [0.25, 0.3) is 0 Å². The Hall–Kier alpha value is -3.38. The van der Waals surface area contributed by atoms with Gasteiger partial charge in [-0.3, -0.25) is 29.0 Å². The number of likely N-dealkylation sites (tertiary alicyclic amines) is 2. The summed E-state index contributed by atoms with van der Waals surface area (Å²) in [5.74, 6) is -1.75. The van der Waals surface area contributed by atoms with Crippen LogP contribution in [0.1, 0.15) is 56.9 Å². The normalized spacial score (nSPS) is 22.3. The molecule has 3 aliphatic heterocycles. The second-order valence-electron chi connectivity index (χ2n) is 10.5. The van der Waals surface area contributed by atoms with Crippen LogP contribution >= 0.6 is 0 Å². The van der Waals surface area contributed by atoms with Gasteiger partial charge in [0.25, 0.3) is 0 Å². The third-order valence-electron chi connectivity index (χ3n) is 8.00. The number of carboxylic acids is 1. The minimum absolute atomic E-state index is 0.0102. The maximum Gasteiger partial charge on any atom is 0.308 e. The van der Waals surface area contributed by atoms with Crippen molar-refractivity contribution in [1.82, 2.24) is 14.7 Å². The van der Waals surface area contributed by atoms with E-state index in [-0.39, 0.29) is 70.0 Å². The predicted octanol–water partition coefficient (Wildman–Crippen LogP) is 1.44. The number of benzene rings is 1. The molecule has 40 heavy (non-hydrogen) atoms. The number of carbonyl (C=O) groups excluding carboxylic acids is 3. The Bertz CT molecular complexity index is 1090. The summed E-state index contributed by atoms with van der Waals surface area (Å²) in [6.07, 6.45) is 2.72. The highest BCUT2D eigenvalue weighted by Crippen LogP contribution is 2.47. The minimum atomic E-state index is -1.02. The number of ether oxygens (including phenoxy) is 3. The van der Waals surface area contributed by atoms with Crippen molar-refractivity contribution >= 4 is 23.7 Å². The van der Waals surface area contributed by atoms with Gasteiger partial charge in [0.2, 0.25) is 30.3 Å². The van der Waals surface area contributed by atoms with E-state index in [1.165, 1.54) is 12.0 Å². The molecule has 0 bridgehead atoms. The van der Waals surface area contributed by atoms with E-state index >= 15 is 0 Å². The van der Waals surface area contributed by atoms with Crippen molar-refractivity contribution in [3.05, 3.63) is 17.7 Å². The number of aliphatic hydroxyl groups is 1. The van der Waals surface area contributed by atoms with E-state index in [1.54, 1.807) is 17.0 Å². The molecule has 2 N–H and O–H groups in total. The van der Waals surface area contributed by atoms with Crippen molar-refractivity contribution in [2.45, 2.75) is 57.4 Å². The molecule has 0 saturated carbocycles. The third kappa shape index (κ3) is 6.33. The number of carbonyl (C=O) groups is 4. The molecule has 1 aromatic rings. The summed E-state index contributed by atoms with van der Waals surface area (Å²) >= 11 is 0. The SMILES string of the molecule is CCCCN(CCCO)C(=O)CN1C[C@H](c2cc(OC)c3c(c2)OCO3)[C@@H](C(=O)O)[C@@H]1CCN1C(=O)CCC1=O.